The van der Waals surface area contributed by atoms with Gasteiger partial charge < -0.3 is 29.1 Å². The molecule has 0 saturated heterocycles. The van der Waals surface area contributed by atoms with Gasteiger partial charge in [0.2, 0.25) is 0 Å². The number of hydrogen-bond acceptors (Lipinski definition) is 9. The lowest BCUT2D eigenvalue weighted by atomic mass is 10.1. The molecule has 0 spiro atoms. The molecular weight excluding hydrogens is 757 g/mol. The molecule has 0 aromatic carbocycles. The first kappa shape index (κ1) is 55.6. The number of ether oxygens (including phenoxy) is 2. The van der Waals surface area contributed by atoms with Crippen molar-refractivity contribution in [1.29, 1.82) is 0 Å². The smallest absolute Gasteiger partial charge is 0.462 e. The standard InChI is InChI=1S/C46H82NO10P/c1-6-8-10-12-14-15-16-17-18-19-20-21-22-24-30-36-45(50)54-40-44(41-56-58(52,53)55-39-38-47(3,4)5)57-46(51)37-31-35-43(49)34-29-26-25-28-33-42(48)32-27-23-13-11-9-7-2/h17-18,23,25-29,33-34,42-44,48-49H,6-16,19-22,24,30-32,35-41H2,1-5H3/p+1/b18-17-,26-25+,27-23-,33-28+,34-29-/t42-,43-,44+/m0/s1. The molecule has 0 aromatic heterocycles. The van der Waals surface area contributed by atoms with Gasteiger partial charge in [-0.25, -0.2) is 4.57 Å². The van der Waals surface area contributed by atoms with Crippen molar-refractivity contribution in [3.05, 3.63) is 60.8 Å². The second-order valence-electron chi connectivity index (χ2n) is 16.1. The molecule has 0 rings (SSSR count). The van der Waals surface area contributed by atoms with Crippen LogP contribution in [0, 0.1) is 0 Å². The highest BCUT2D eigenvalue weighted by molar-refractivity contribution is 7.47. The van der Waals surface area contributed by atoms with Crippen molar-refractivity contribution >= 4 is 19.8 Å². The van der Waals surface area contributed by atoms with E-state index >= 15 is 0 Å². The van der Waals surface area contributed by atoms with Gasteiger partial charge in [-0.1, -0.05) is 139 Å². The van der Waals surface area contributed by atoms with E-state index in [9.17, 15) is 29.3 Å². The number of allylic oxidation sites excluding steroid dienone is 7. The molecule has 0 aliphatic rings. The molecule has 3 N–H and O–H groups in total. The Morgan fingerprint density at radius 3 is 1.76 bits per heavy atom. The molecular formula is C46H83NO10P+. The number of esters is 2. The number of carbonyl (C=O) groups excluding carboxylic acids is 2. The molecule has 1 unspecified atom stereocenters. The summed E-state index contributed by atoms with van der Waals surface area (Å²) >= 11 is 0. The fourth-order valence-electron chi connectivity index (χ4n) is 5.61. The highest BCUT2D eigenvalue weighted by Gasteiger charge is 2.27. The second-order valence-corrected chi connectivity index (χ2v) is 17.6. The highest BCUT2D eigenvalue weighted by Crippen LogP contribution is 2.43. The zero-order valence-corrected chi connectivity index (χ0v) is 37.9. The number of aliphatic hydroxyl groups is 2. The van der Waals surface area contributed by atoms with Gasteiger partial charge in [0.1, 0.15) is 19.8 Å². The summed E-state index contributed by atoms with van der Waals surface area (Å²) in [5.74, 6) is -1.05. The van der Waals surface area contributed by atoms with E-state index < -0.39 is 44.7 Å². The van der Waals surface area contributed by atoms with Crippen LogP contribution in [0.1, 0.15) is 155 Å². The van der Waals surface area contributed by atoms with Crippen molar-refractivity contribution in [2.75, 3.05) is 47.5 Å². The van der Waals surface area contributed by atoms with Gasteiger partial charge >= 0.3 is 19.8 Å². The minimum Gasteiger partial charge on any atom is -0.462 e. The van der Waals surface area contributed by atoms with Gasteiger partial charge in [-0.2, -0.15) is 0 Å². The van der Waals surface area contributed by atoms with Crippen LogP contribution in [0.25, 0.3) is 0 Å². The number of aliphatic hydroxyl groups excluding tert-OH is 2. The fraction of sp³-hybridized carbons (Fsp3) is 0.739. The molecule has 4 atom stereocenters. The lowest BCUT2D eigenvalue weighted by Gasteiger charge is -2.24. The number of nitrogens with zero attached hydrogens (tertiary/aromatic N) is 1. The van der Waals surface area contributed by atoms with Crippen LogP contribution in [0.4, 0.5) is 0 Å². The van der Waals surface area contributed by atoms with Crippen LogP contribution in [-0.4, -0.2) is 97.3 Å². The number of quaternary nitrogens is 1. The molecule has 0 saturated carbocycles. The monoisotopic (exact) mass is 841 g/mol. The minimum atomic E-state index is -4.45. The summed E-state index contributed by atoms with van der Waals surface area (Å²) in [5, 5.41) is 20.4. The highest BCUT2D eigenvalue weighted by atomic mass is 31.2. The zero-order chi connectivity index (χ0) is 43.2. The molecule has 0 amide bonds. The molecule has 58 heavy (non-hydrogen) atoms. The third kappa shape index (κ3) is 40.4. The predicted octanol–water partition coefficient (Wildman–Crippen LogP) is 10.4. The Morgan fingerprint density at radius 2 is 1.14 bits per heavy atom. The third-order valence-corrected chi connectivity index (χ3v) is 10.2. The number of rotatable bonds is 39. The van der Waals surface area contributed by atoms with Gasteiger partial charge in [-0.3, -0.25) is 18.6 Å². The van der Waals surface area contributed by atoms with E-state index in [-0.39, 0.29) is 26.1 Å². The number of unbranched alkanes of at least 4 members (excludes halogenated alkanes) is 14. The lowest BCUT2D eigenvalue weighted by Crippen LogP contribution is -2.37. The van der Waals surface area contributed by atoms with Crippen LogP contribution in [0.2, 0.25) is 0 Å². The summed E-state index contributed by atoms with van der Waals surface area (Å²) in [5.41, 5.74) is 0. The van der Waals surface area contributed by atoms with Crippen LogP contribution >= 0.6 is 7.82 Å². The first-order valence-electron chi connectivity index (χ1n) is 22.2. The Hall–Kier alpha value is -2.37. The number of carbonyl (C=O) groups is 2. The molecule has 0 aromatic rings. The van der Waals surface area contributed by atoms with Gasteiger partial charge in [-0.15, -0.1) is 0 Å². The number of hydrogen-bond donors (Lipinski definition) is 3. The molecule has 0 aliphatic carbocycles. The molecule has 0 aliphatic heterocycles. The van der Waals surface area contributed by atoms with E-state index in [0.29, 0.717) is 36.7 Å². The maximum atomic E-state index is 12.7. The Labute approximate surface area is 352 Å². The van der Waals surface area contributed by atoms with Gasteiger partial charge in [0.05, 0.1) is 40.0 Å². The van der Waals surface area contributed by atoms with Crippen LogP contribution < -0.4 is 0 Å². The minimum absolute atomic E-state index is 0.0177. The molecule has 336 valence electrons. The van der Waals surface area contributed by atoms with E-state index in [0.717, 1.165) is 44.9 Å². The third-order valence-electron chi connectivity index (χ3n) is 9.21. The summed E-state index contributed by atoms with van der Waals surface area (Å²) in [4.78, 5) is 35.4. The van der Waals surface area contributed by atoms with Gasteiger partial charge in [0.15, 0.2) is 6.10 Å². The van der Waals surface area contributed by atoms with E-state index in [4.69, 9.17) is 18.5 Å². The number of phosphoric ester groups is 1. The van der Waals surface area contributed by atoms with Crippen molar-refractivity contribution in [2.45, 2.75) is 173 Å². The molecule has 0 fully saturated rings. The van der Waals surface area contributed by atoms with Crippen molar-refractivity contribution in [2.24, 2.45) is 0 Å². The summed E-state index contributed by atoms with van der Waals surface area (Å²) in [6, 6.07) is 0. The quantitative estimate of drug-likeness (QED) is 0.0136. The second kappa shape index (κ2) is 37.6. The van der Waals surface area contributed by atoms with Crippen LogP contribution in [0.15, 0.2) is 60.8 Å². The molecule has 12 heteroatoms. The summed E-state index contributed by atoms with van der Waals surface area (Å²) in [6.45, 7) is 4.04. The first-order valence-corrected chi connectivity index (χ1v) is 23.7. The van der Waals surface area contributed by atoms with Crippen LogP contribution in [0.3, 0.4) is 0 Å². The number of likely N-dealkylation sites (N-methyl/N-ethyl adjacent to an activating group) is 1. The normalized spacial score (nSPS) is 15.2. The predicted molar refractivity (Wildman–Crippen MR) is 236 cm³/mol. The Kier molecular flexibility index (Phi) is 36.1. The maximum Gasteiger partial charge on any atom is 0.472 e. The lowest BCUT2D eigenvalue weighted by molar-refractivity contribution is -0.870. The zero-order valence-electron chi connectivity index (χ0n) is 37.0. The Balaban J connectivity index is 4.65. The van der Waals surface area contributed by atoms with E-state index in [1.165, 1.54) is 57.8 Å². The van der Waals surface area contributed by atoms with E-state index in [2.05, 4.69) is 32.1 Å². The van der Waals surface area contributed by atoms with Crippen LogP contribution in [-0.2, 0) is 32.7 Å². The SMILES string of the molecule is CCCCC/C=C\C[C@H](O)/C=C/C=C/C=C\[C@H](O)CCCC(=O)O[C@H](COC(=O)CCCCCCC/C=C\CCCCCCCC)COP(=O)(O)OCC[N+](C)(C)C. The molecule has 0 heterocycles. The van der Waals surface area contributed by atoms with Crippen molar-refractivity contribution in [1.82, 2.24) is 0 Å². The van der Waals surface area contributed by atoms with E-state index in [1.807, 2.05) is 27.2 Å². The molecule has 0 bridgehead atoms. The fourth-order valence-corrected chi connectivity index (χ4v) is 6.35. The van der Waals surface area contributed by atoms with Crippen molar-refractivity contribution in [3.8, 4) is 0 Å². The van der Waals surface area contributed by atoms with E-state index in [1.54, 1.807) is 36.5 Å². The van der Waals surface area contributed by atoms with Gasteiger partial charge in [0.25, 0.3) is 0 Å². The molecule has 0 radical (unpaired) electrons. The largest absolute Gasteiger partial charge is 0.472 e. The van der Waals surface area contributed by atoms with Crippen LogP contribution in [0.5, 0.6) is 0 Å². The maximum absolute atomic E-state index is 12.7. The average Bonchev–Trinajstić information content (AvgIpc) is 3.16. The Morgan fingerprint density at radius 1 is 0.621 bits per heavy atom. The first-order chi connectivity index (χ1) is 27.8. The molecule has 11 nitrogen and oxygen atoms in total. The van der Waals surface area contributed by atoms with Gasteiger partial charge in [0, 0.05) is 12.8 Å². The Bertz CT molecular complexity index is 1210. The van der Waals surface area contributed by atoms with Gasteiger partial charge in [-0.05, 0) is 64.2 Å². The summed E-state index contributed by atoms with van der Waals surface area (Å²) in [6.07, 6.45) is 37.5. The average molecular weight is 841 g/mol. The topological polar surface area (TPSA) is 149 Å². The number of phosphoric acid groups is 1. The summed E-state index contributed by atoms with van der Waals surface area (Å²) in [7, 11) is 1.31. The van der Waals surface area contributed by atoms with Crippen molar-refractivity contribution < 1.29 is 52.3 Å². The summed E-state index contributed by atoms with van der Waals surface area (Å²) < 4.78 is 34.1. The van der Waals surface area contributed by atoms with Crippen molar-refractivity contribution in [3.63, 3.8) is 0 Å².